The predicted molar refractivity (Wildman–Crippen MR) is 147 cm³/mol. The van der Waals surface area contributed by atoms with Crippen molar-refractivity contribution in [3.63, 3.8) is 0 Å². The van der Waals surface area contributed by atoms with Crippen molar-refractivity contribution < 1.29 is 14.2 Å². The second-order valence-corrected chi connectivity index (χ2v) is 9.80. The molecule has 4 aromatic rings. The lowest BCUT2D eigenvalue weighted by atomic mass is 9.83. The van der Waals surface area contributed by atoms with Crippen molar-refractivity contribution in [1.29, 1.82) is 0 Å². The molecule has 4 nitrogen and oxygen atoms in total. The first-order valence-corrected chi connectivity index (χ1v) is 12.2. The summed E-state index contributed by atoms with van der Waals surface area (Å²) in [5, 5.41) is 3.74. The van der Waals surface area contributed by atoms with Gasteiger partial charge in [-0.15, -0.1) is 0 Å². The van der Waals surface area contributed by atoms with E-state index in [2.05, 4.69) is 68.6 Å². The lowest BCUT2D eigenvalue weighted by Gasteiger charge is -2.29. The van der Waals surface area contributed by atoms with Crippen molar-refractivity contribution >= 4 is 5.69 Å². The average Bonchev–Trinajstić information content (AvgIpc) is 2.91. The minimum Gasteiger partial charge on any atom is -0.497 e. The van der Waals surface area contributed by atoms with Gasteiger partial charge in [0.25, 0.3) is 0 Å². The summed E-state index contributed by atoms with van der Waals surface area (Å²) in [6, 6.07) is 32.8. The zero-order valence-corrected chi connectivity index (χ0v) is 21.7. The van der Waals surface area contributed by atoms with Gasteiger partial charge < -0.3 is 19.5 Å². The molecular formula is C32H35NO3. The molecule has 0 amide bonds. The van der Waals surface area contributed by atoms with E-state index in [4.69, 9.17) is 14.2 Å². The molecule has 0 fully saturated rings. The van der Waals surface area contributed by atoms with Gasteiger partial charge in [-0.2, -0.15) is 0 Å². The van der Waals surface area contributed by atoms with Gasteiger partial charge in [0.15, 0.2) is 0 Å². The van der Waals surface area contributed by atoms with E-state index in [0.29, 0.717) is 6.61 Å². The number of methoxy groups -OCH3 is 2. The SMILES string of the molecule is COc1ccc(COc2c(C(Nc3ccccc3OC)c3ccccc3)cccc2C(C)(C)C)cc1. The van der Waals surface area contributed by atoms with E-state index in [1.165, 1.54) is 0 Å². The molecular weight excluding hydrogens is 446 g/mol. The van der Waals surface area contributed by atoms with Gasteiger partial charge in [-0.3, -0.25) is 0 Å². The third kappa shape index (κ3) is 5.83. The van der Waals surface area contributed by atoms with Crippen LogP contribution < -0.4 is 19.5 Å². The first-order chi connectivity index (χ1) is 17.4. The van der Waals surface area contributed by atoms with Gasteiger partial charge in [0.05, 0.1) is 25.9 Å². The number of para-hydroxylation sites is 3. The van der Waals surface area contributed by atoms with Crippen LogP contribution in [0, 0.1) is 0 Å². The summed E-state index contributed by atoms with van der Waals surface area (Å²) >= 11 is 0. The summed E-state index contributed by atoms with van der Waals surface area (Å²) in [6.45, 7) is 7.12. The minimum atomic E-state index is -0.143. The summed E-state index contributed by atoms with van der Waals surface area (Å²) in [5.74, 6) is 2.53. The second-order valence-electron chi connectivity index (χ2n) is 9.80. The fourth-order valence-electron chi connectivity index (χ4n) is 4.32. The van der Waals surface area contributed by atoms with Crippen LogP contribution in [0.4, 0.5) is 5.69 Å². The highest BCUT2D eigenvalue weighted by atomic mass is 16.5. The molecule has 0 radical (unpaired) electrons. The first-order valence-electron chi connectivity index (χ1n) is 12.2. The maximum Gasteiger partial charge on any atom is 0.141 e. The molecule has 36 heavy (non-hydrogen) atoms. The Morgan fingerprint density at radius 3 is 2.08 bits per heavy atom. The van der Waals surface area contributed by atoms with Crippen LogP contribution in [0.1, 0.15) is 49.1 Å². The Bertz CT molecular complexity index is 1260. The average molecular weight is 482 g/mol. The van der Waals surface area contributed by atoms with Gasteiger partial charge in [-0.1, -0.05) is 93.6 Å². The van der Waals surface area contributed by atoms with Crippen LogP contribution in [0.3, 0.4) is 0 Å². The van der Waals surface area contributed by atoms with E-state index in [0.717, 1.165) is 45.2 Å². The van der Waals surface area contributed by atoms with Crippen molar-refractivity contribution in [2.45, 2.75) is 38.8 Å². The Balaban J connectivity index is 1.80. The number of benzene rings is 4. The van der Waals surface area contributed by atoms with Crippen LogP contribution in [-0.2, 0) is 12.0 Å². The lowest BCUT2D eigenvalue weighted by Crippen LogP contribution is -2.19. The third-order valence-electron chi connectivity index (χ3n) is 6.25. The van der Waals surface area contributed by atoms with Gasteiger partial charge in [0, 0.05) is 5.56 Å². The molecule has 0 aromatic heterocycles. The van der Waals surface area contributed by atoms with E-state index < -0.39 is 0 Å². The Morgan fingerprint density at radius 2 is 1.42 bits per heavy atom. The van der Waals surface area contributed by atoms with Gasteiger partial charge in [0.2, 0.25) is 0 Å². The highest BCUT2D eigenvalue weighted by Crippen LogP contribution is 2.41. The molecule has 1 atom stereocenters. The molecule has 1 N–H and O–H groups in total. The van der Waals surface area contributed by atoms with Crippen molar-refractivity contribution in [3.05, 3.63) is 119 Å². The summed E-state index contributed by atoms with van der Waals surface area (Å²) in [7, 11) is 3.37. The van der Waals surface area contributed by atoms with Gasteiger partial charge >= 0.3 is 0 Å². The van der Waals surface area contributed by atoms with E-state index in [1.807, 2.05) is 54.6 Å². The van der Waals surface area contributed by atoms with Gasteiger partial charge in [-0.05, 0) is 46.4 Å². The summed E-state index contributed by atoms with van der Waals surface area (Å²) in [4.78, 5) is 0. The molecule has 0 spiro atoms. The zero-order valence-electron chi connectivity index (χ0n) is 21.7. The van der Waals surface area contributed by atoms with Crippen molar-refractivity contribution in [3.8, 4) is 17.2 Å². The van der Waals surface area contributed by atoms with Crippen LogP contribution in [0.15, 0.2) is 97.1 Å². The van der Waals surface area contributed by atoms with Crippen molar-refractivity contribution in [1.82, 2.24) is 0 Å². The first kappa shape index (κ1) is 25.2. The quantitative estimate of drug-likeness (QED) is 0.265. The van der Waals surface area contributed by atoms with Crippen LogP contribution in [0.2, 0.25) is 0 Å². The van der Waals surface area contributed by atoms with Crippen LogP contribution >= 0.6 is 0 Å². The molecule has 4 heteroatoms. The number of anilines is 1. The molecule has 0 aliphatic carbocycles. The second kappa shape index (κ2) is 11.2. The van der Waals surface area contributed by atoms with Crippen molar-refractivity contribution in [2.24, 2.45) is 0 Å². The normalized spacial score (nSPS) is 12.0. The number of hydrogen-bond donors (Lipinski definition) is 1. The molecule has 0 bridgehead atoms. The number of ether oxygens (including phenoxy) is 3. The Labute approximate surface area is 214 Å². The predicted octanol–water partition coefficient (Wildman–Crippen LogP) is 7.78. The molecule has 186 valence electrons. The van der Waals surface area contributed by atoms with E-state index in [-0.39, 0.29) is 11.5 Å². The highest BCUT2D eigenvalue weighted by molar-refractivity contribution is 5.61. The summed E-state index contributed by atoms with van der Waals surface area (Å²) in [6.07, 6.45) is 0. The molecule has 4 aromatic carbocycles. The Kier molecular flexibility index (Phi) is 7.84. The van der Waals surface area contributed by atoms with E-state index in [1.54, 1.807) is 14.2 Å². The lowest BCUT2D eigenvalue weighted by molar-refractivity contribution is 0.293. The fourth-order valence-corrected chi connectivity index (χ4v) is 4.32. The molecule has 0 saturated carbocycles. The zero-order chi connectivity index (χ0) is 25.5. The molecule has 0 aliphatic rings. The largest absolute Gasteiger partial charge is 0.497 e. The van der Waals surface area contributed by atoms with Crippen LogP contribution in [-0.4, -0.2) is 14.2 Å². The monoisotopic (exact) mass is 481 g/mol. The topological polar surface area (TPSA) is 39.7 Å². The number of nitrogens with one attached hydrogen (secondary N) is 1. The highest BCUT2D eigenvalue weighted by Gasteiger charge is 2.26. The molecule has 0 saturated heterocycles. The summed E-state index contributed by atoms with van der Waals surface area (Å²) in [5.41, 5.74) is 5.29. The fraction of sp³-hybridized carbons (Fsp3) is 0.250. The molecule has 0 heterocycles. The number of hydrogen-bond acceptors (Lipinski definition) is 4. The number of rotatable bonds is 9. The van der Waals surface area contributed by atoms with Crippen LogP contribution in [0.25, 0.3) is 0 Å². The van der Waals surface area contributed by atoms with E-state index >= 15 is 0 Å². The van der Waals surface area contributed by atoms with Crippen molar-refractivity contribution in [2.75, 3.05) is 19.5 Å². The molecule has 1 unspecified atom stereocenters. The summed E-state index contributed by atoms with van der Waals surface area (Å²) < 4.78 is 17.6. The van der Waals surface area contributed by atoms with Crippen LogP contribution in [0.5, 0.6) is 17.2 Å². The molecule has 4 rings (SSSR count). The standard InChI is InChI=1S/C32H35NO3/c1-32(2,3)27-15-11-14-26(31(27)36-22-23-18-20-25(34-4)21-19-23)30(24-12-7-6-8-13-24)33-28-16-9-10-17-29(28)35-5/h6-21,30,33H,22H2,1-5H3. The Hall–Kier alpha value is -3.92. The minimum absolute atomic E-state index is 0.100. The maximum atomic E-state index is 6.64. The molecule has 0 aliphatic heterocycles. The Morgan fingerprint density at radius 1 is 0.722 bits per heavy atom. The van der Waals surface area contributed by atoms with Gasteiger partial charge in [-0.25, -0.2) is 0 Å². The van der Waals surface area contributed by atoms with E-state index in [9.17, 15) is 0 Å². The van der Waals surface area contributed by atoms with Gasteiger partial charge in [0.1, 0.15) is 23.9 Å². The smallest absolute Gasteiger partial charge is 0.141 e. The third-order valence-corrected chi connectivity index (χ3v) is 6.25. The maximum absolute atomic E-state index is 6.64.